The Bertz CT molecular complexity index is 1570. The van der Waals surface area contributed by atoms with E-state index in [-0.39, 0.29) is 38.6 Å². The second-order valence-corrected chi connectivity index (χ2v) is 19.1. The molecule has 0 radical (unpaired) electrons. The summed E-state index contributed by atoms with van der Waals surface area (Å²) in [4.78, 5) is 37.4. The molecule has 9 nitrogen and oxygen atoms in total. The van der Waals surface area contributed by atoms with Crippen LogP contribution in [0.15, 0.2) is 122 Å². The molecule has 71 heavy (non-hydrogen) atoms. The second kappa shape index (κ2) is 52.0. The molecular weight excluding hydrogens is 887 g/mol. The number of nitrogens with zero attached hydrogens (tertiary/aromatic N) is 1. The largest absolute Gasteiger partial charge is 0.477 e. The molecule has 2 unspecified atom stereocenters. The molecule has 0 aliphatic rings. The number of hydrogen-bond donors (Lipinski definition) is 1. The zero-order valence-corrected chi connectivity index (χ0v) is 45.6. The Balaban J connectivity index is 4.37. The van der Waals surface area contributed by atoms with E-state index < -0.39 is 24.3 Å². The molecule has 0 heterocycles. The number of carbonyl (C=O) groups is 3. The normalized spacial score (nSPS) is 13.8. The zero-order valence-electron chi connectivity index (χ0n) is 45.6. The van der Waals surface area contributed by atoms with Crippen LogP contribution >= 0.6 is 0 Å². The Labute approximate surface area is 434 Å². The molecule has 0 aliphatic carbocycles. The van der Waals surface area contributed by atoms with E-state index in [1.54, 1.807) is 0 Å². The number of esters is 2. The summed E-state index contributed by atoms with van der Waals surface area (Å²) in [5.74, 6) is -2.05. The van der Waals surface area contributed by atoms with E-state index in [1.165, 1.54) is 38.5 Å². The van der Waals surface area contributed by atoms with Crippen molar-refractivity contribution in [2.24, 2.45) is 0 Å². The van der Waals surface area contributed by atoms with Gasteiger partial charge in [-0.1, -0.05) is 200 Å². The number of carbonyl (C=O) groups excluding carboxylic acids is 2. The monoisotopic (exact) mass is 989 g/mol. The fourth-order valence-electron chi connectivity index (χ4n) is 7.01. The number of ether oxygens (including phenoxy) is 4. The average Bonchev–Trinajstić information content (AvgIpc) is 3.34. The third-order valence-electron chi connectivity index (χ3n) is 11.2. The van der Waals surface area contributed by atoms with Gasteiger partial charge < -0.3 is 28.5 Å². The Morgan fingerprint density at radius 3 is 1.13 bits per heavy atom. The maximum Gasteiger partial charge on any atom is 0.361 e. The van der Waals surface area contributed by atoms with E-state index in [1.807, 2.05) is 21.1 Å². The molecule has 0 rings (SSSR count). The highest BCUT2D eigenvalue weighted by molar-refractivity contribution is 5.71. The van der Waals surface area contributed by atoms with E-state index in [2.05, 4.69) is 135 Å². The van der Waals surface area contributed by atoms with E-state index in [0.29, 0.717) is 17.4 Å². The lowest BCUT2D eigenvalue weighted by molar-refractivity contribution is -0.870. The molecule has 0 aromatic carbocycles. The number of allylic oxidation sites excluding steroid dienone is 20. The van der Waals surface area contributed by atoms with Crippen molar-refractivity contribution in [2.45, 2.75) is 206 Å². The first-order valence-corrected chi connectivity index (χ1v) is 27.7. The highest BCUT2D eigenvalue weighted by Crippen LogP contribution is 2.14. The van der Waals surface area contributed by atoms with Crippen LogP contribution in [0.2, 0.25) is 0 Å². The van der Waals surface area contributed by atoms with Crippen molar-refractivity contribution in [3.63, 3.8) is 0 Å². The maximum absolute atomic E-state index is 12.9. The molecule has 0 saturated carbocycles. The van der Waals surface area contributed by atoms with Crippen LogP contribution in [-0.2, 0) is 33.3 Å². The molecule has 9 heteroatoms. The average molecular weight is 989 g/mol. The van der Waals surface area contributed by atoms with Crippen LogP contribution in [0.4, 0.5) is 0 Å². The van der Waals surface area contributed by atoms with E-state index >= 15 is 0 Å². The van der Waals surface area contributed by atoms with Crippen molar-refractivity contribution in [3.8, 4) is 0 Å². The van der Waals surface area contributed by atoms with Gasteiger partial charge in [-0.3, -0.25) is 9.59 Å². The van der Waals surface area contributed by atoms with Gasteiger partial charge in [0, 0.05) is 12.8 Å². The Morgan fingerprint density at radius 2 is 0.761 bits per heavy atom. The summed E-state index contributed by atoms with van der Waals surface area (Å²) >= 11 is 0. The van der Waals surface area contributed by atoms with Crippen molar-refractivity contribution >= 4 is 17.9 Å². The van der Waals surface area contributed by atoms with Crippen LogP contribution in [0, 0.1) is 0 Å². The van der Waals surface area contributed by atoms with Crippen molar-refractivity contribution < 1.29 is 42.9 Å². The van der Waals surface area contributed by atoms with Crippen molar-refractivity contribution in [1.82, 2.24) is 0 Å². The standard InChI is InChI=1S/C62H101NO8/c1-6-8-10-12-14-16-18-20-22-24-26-28-30-32-34-36-38-40-42-44-46-48-50-52-59(64)69-56-58(57-70-62(61(66)67)68-55-54-63(3,4)5)71-60(65)53-51-49-47-45-43-41-39-37-35-33-31-29-27-25-23-21-19-17-15-13-11-9-7-2/h8-11,14-17,20-23,26-29,32-35,58,62H,6-7,12-13,18-19,24-25,30-31,36-57H2,1-5H3/p+1/b10-8-,11-9-,16-14-,17-15-,22-20-,23-21-,28-26-,29-27-,34-32-,35-33-. The summed E-state index contributed by atoms with van der Waals surface area (Å²) in [7, 11) is 5.95. The van der Waals surface area contributed by atoms with Gasteiger partial charge in [0.1, 0.15) is 13.2 Å². The Hall–Kier alpha value is -4.31. The molecule has 402 valence electrons. The van der Waals surface area contributed by atoms with Gasteiger partial charge in [-0.2, -0.15) is 0 Å². The van der Waals surface area contributed by atoms with E-state index in [9.17, 15) is 19.5 Å². The Kier molecular flexibility index (Phi) is 48.9. The third kappa shape index (κ3) is 53.3. The molecular formula is C62H102NO8+. The first-order valence-electron chi connectivity index (χ1n) is 27.7. The SMILES string of the molecule is CC/C=C\C/C=C\C/C=C\C/C=C\C/C=C\CCCCCCCCCC(=O)OCC(COC(OCC[N+](C)(C)C)C(=O)O)OC(=O)CCCCCCCCC/C=C\C/C=C\C/C=C\C/C=C\C/C=C\CC. The number of rotatable bonds is 49. The summed E-state index contributed by atoms with van der Waals surface area (Å²) in [6.45, 7) is 4.60. The lowest BCUT2D eigenvalue weighted by Gasteiger charge is -2.25. The zero-order chi connectivity index (χ0) is 52.0. The van der Waals surface area contributed by atoms with E-state index in [0.717, 1.165) is 122 Å². The molecule has 0 aromatic heterocycles. The van der Waals surface area contributed by atoms with Crippen LogP contribution in [-0.4, -0.2) is 87.4 Å². The van der Waals surface area contributed by atoms with Gasteiger partial charge in [-0.15, -0.1) is 0 Å². The maximum atomic E-state index is 12.9. The number of quaternary nitrogens is 1. The molecule has 2 atom stereocenters. The van der Waals surface area contributed by atoms with Gasteiger partial charge in [0.15, 0.2) is 6.10 Å². The van der Waals surface area contributed by atoms with Gasteiger partial charge in [-0.25, -0.2) is 4.79 Å². The highest BCUT2D eigenvalue weighted by atomic mass is 16.7. The number of hydrogen-bond acceptors (Lipinski definition) is 7. The topological polar surface area (TPSA) is 108 Å². The lowest BCUT2D eigenvalue weighted by Crippen LogP contribution is -2.40. The van der Waals surface area contributed by atoms with Gasteiger partial charge in [0.25, 0.3) is 6.29 Å². The van der Waals surface area contributed by atoms with Gasteiger partial charge >= 0.3 is 17.9 Å². The van der Waals surface area contributed by atoms with Crippen molar-refractivity contribution in [3.05, 3.63) is 122 Å². The smallest absolute Gasteiger partial charge is 0.361 e. The first-order chi connectivity index (χ1) is 34.6. The minimum Gasteiger partial charge on any atom is -0.477 e. The van der Waals surface area contributed by atoms with Gasteiger partial charge in [0.2, 0.25) is 0 Å². The predicted octanol–water partition coefficient (Wildman–Crippen LogP) is 16.1. The van der Waals surface area contributed by atoms with Gasteiger partial charge in [0.05, 0.1) is 34.4 Å². The molecule has 0 fully saturated rings. The van der Waals surface area contributed by atoms with Gasteiger partial charge in [-0.05, 0) is 103 Å². The number of carboxylic acids is 1. The summed E-state index contributed by atoms with van der Waals surface area (Å²) in [5, 5.41) is 9.70. The molecule has 0 saturated heterocycles. The van der Waals surface area contributed by atoms with Crippen molar-refractivity contribution in [2.75, 3.05) is 47.5 Å². The van der Waals surface area contributed by atoms with Crippen LogP contribution in [0.1, 0.15) is 194 Å². The summed E-state index contributed by atoms with van der Waals surface area (Å²) in [6, 6.07) is 0. The first kappa shape index (κ1) is 66.7. The number of aliphatic carboxylic acids is 1. The number of unbranched alkanes of at least 4 members (excludes halogenated alkanes) is 14. The van der Waals surface area contributed by atoms with E-state index in [4.69, 9.17) is 18.9 Å². The van der Waals surface area contributed by atoms with Crippen LogP contribution in [0.25, 0.3) is 0 Å². The third-order valence-corrected chi connectivity index (χ3v) is 11.2. The Morgan fingerprint density at radius 1 is 0.423 bits per heavy atom. The van der Waals surface area contributed by atoms with Crippen LogP contribution in [0.3, 0.4) is 0 Å². The van der Waals surface area contributed by atoms with Crippen molar-refractivity contribution in [1.29, 1.82) is 0 Å². The number of carboxylic acid groups (broad SMARTS) is 1. The molecule has 0 amide bonds. The molecule has 0 aromatic rings. The molecule has 0 bridgehead atoms. The molecule has 1 N–H and O–H groups in total. The lowest BCUT2D eigenvalue weighted by atomic mass is 10.1. The second-order valence-electron chi connectivity index (χ2n) is 19.1. The quantitative estimate of drug-likeness (QED) is 0.0211. The summed E-state index contributed by atoms with van der Waals surface area (Å²) in [5.41, 5.74) is 0. The molecule has 0 spiro atoms. The minimum absolute atomic E-state index is 0.176. The fourth-order valence-corrected chi connectivity index (χ4v) is 7.01. The van der Waals surface area contributed by atoms with Crippen LogP contribution in [0.5, 0.6) is 0 Å². The highest BCUT2D eigenvalue weighted by Gasteiger charge is 2.25. The van der Waals surface area contributed by atoms with Crippen LogP contribution < -0.4 is 0 Å². The summed E-state index contributed by atoms with van der Waals surface area (Å²) in [6.07, 6.45) is 69.7. The fraction of sp³-hybridized carbons (Fsp3) is 0.629. The summed E-state index contributed by atoms with van der Waals surface area (Å²) < 4.78 is 22.8. The molecule has 0 aliphatic heterocycles. The predicted molar refractivity (Wildman–Crippen MR) is 299 cm³/mol. The number of likely N-dealkylation sites (N-methyl/N-ethyl adjacent to an activating group) is 1. The minimum atomic E-state index is -1.52.